The van der Waals surface area contributed by atoms with E-state index in [0.717, 1.165) is 6.08 Å². The van der Waals surface area contributed by atoms with Crippen LogP contribution >= 0.6 is 0 Å². The lowest BCUT2D eigenvalue weighted by Gasteiger charge is -2.22. The highest BCUT2D eigenvalue weighted by atomic mass is 16.6. The molecule has 7 nitrogen and oxygen atoms in total. The number of nitrogens with one attached hydrogen (secondary N) is 3. The molecule has 0 spiro atoms. The van der Waals surface area contributed by atoms with Gasteiger partial charge < -0.3 is 20.7 Å². The number of rotatable bonds is 4. The van der Waals surface area contributed by atoms with Crippen molar-refractivity contribution in [2.24, 2.45) is 0 Å². The second-order valence-corrected chi connectivity index (χ2v) is 3.32. The lowest BCUT2D eigenvalue weighted by Crippen LogP contribution is -2.49. The first kappa shape index (κ1) is 13.1. The van der Waals surface area contributed by atoms with E-state index in [4.69, 9.17) is 5.41 Å². The molecule has 0 aliphatic heterocycles. The Morgan fingerprint density at radius 1 is 1.53 bits per heavy atom. The standard InChI is InChI=1S/C8H14N4O3/c1-8(2,7(13)10-3)11-5-4-6(9)12(14)15/h4-5,9,11H,1-3H3,(H,10,13)/b5-4-,9-6?. The van der Waals surface area contributed by atoms with E-state index in [1.54, 1.807) is 13.8 Å². The topological polar surface area (TPSA) is 108 Å². The molecule has 0 fully saturated rings. The third-order valence-corrected chi connectivity index (χ3v) is 1.68. The van der Waals surface area contributed by atoms with Gasteiger partial charge in [-0.05, 0) is 18.8 Å². The molecular formula is C8H14N4O3. The van der Waals surface area contributed by atoms with Crippen molar-refractivity contribution in [1.29, 1.82) is 5.41 Å². The Morgan fingerprint density at radius 3 is 2.47 bits per heavy atom. The highest BCUT2D eigenvalue weighted by Crippen LogP contribution is 2.01. The fraction of sp³-hybridized carbons (Fsp3) is 0.500. The zero-order valence-electron chi connectivity index (χ0n) is 8.83. The van der Waals surface area contributed by atoms with Gasteiger partial charge in [-0.1, -0.05) is 5.41 Å². The van der Waals surface area contributed by atoms with E-state index in [-0.39, 0.29) is 5.91 Å². The minimum atomic E-state index is -0.873. The summed E-state index contributed by atoms with van der Waals surface area (Å²) in [6.45, 7) is 3.23. The summed E-state index contributed by atoms with van der Waals surface area (Å²) in [5.41, 5.74) is -0.873. The van der Waals surface area contributed by atoms with E-state index < -0.39 is 16.3 Å². The van der Waals surface area contributed by atoms with Crippen LogP contribution in [0.4, 0.5) is 0 Å². The molecule has 7 heteroatoms. The normalized spacial score (nSPS) is 11.1. The number of hydrogen-bond donors (Lipinski definition) is 3. The van der Waals surface area contributed by atoms with Gasteiger partial charge in [-0.3, -0.25) is 4.79 Å². The fourth-order valence-electron chi connectivity index (χ4n) is 0.768. The Morgan fingerprint density at radius 2 is 2.07 bits per heavy atom. The van der Waals surface area contributed by atoms with E-state index in [9.17, 15) is 14.9 Å². The maximum atomic E-state index is 11.2. The first-order valence-corrected chi connectivity index (χ1v) is 4.20. The zero-order chi connectivity index (χ0) is 12.1. The summed E-state index contributed by atoms with van der Waals surface area (Å²) in [5.74, 6) is -0.991. The van der Waals surface area contributed by atoms with Crippen LogP contribution in [-0.4, -0.2) is 29.3 Å². The third kappa shape index (κ3) is 4.21. The Balaban J connectivity index is 4.32. The molecule has 0 radical (unpaired) electrons. The van der Waals surface area contributed by atoms with E-state index in [2.05, 4.69) is 10.6 Å². The van der Waals surface area contributed by atoms with Crippen LogP contribution in [0.15, 0.2) is 12.3 Å². The molecule has 0 atom stereocenters. The molecule has 0 rings (SSSR count). The van der Waals surface area contributed by atoms with Crippen molar-refractivity contribution in [2.75, 3.05) is 7.05 Å². The van der Waals surface area contributed by atoms with E-state index in [1.165, 1.54) is 13.2 Å². The van der Waals surface area contributed by atoms with Crippen molar-refractivity contribution in [2.45, 2.75) is 19.4 Å². The van der Waals surface area contributed by atoms with E-state index >= 15 is 0 Å². The average Bonchev–Trinajstić information content (AvgIpc) is 2.15. The fourth-order valence-corrected chi connectivity index (χ4v) is 0.768. The molecule has 0 aromatic heterocycles. The molecule has 0 aromatic carbocycles. The largest absolute Gasteiger partial charge is 0.377 e. The summed E-state index contributed by atoms with van der Waals surface area (Å²) in [6, 6.07) is 0. The van der Waals surface area contributed by atoms with Gasteiger partial charge in [0.1, 0.15) is 5.54 Å². The van der Waals surface area contributed by atoms with Gasteiger partial charge >= 0.3 is 5.84 Å². The molecule has 1 amide bonds. The van der Waals surface area contributed by atoms with Crippen molar-refractivity contribution in [3.63, 3.8) is 0 Å². The molecule has 15 heavy (non-hydrogen) atoms. The minimum Gasteiger partial charge on any atom is -0.377 e. The highest BCUT2D eigenvalue weighted by molar-refractivity contribution is 5.86. The number of hydrogen-bond acceptors (Lipinski definition) is 5. The SMILES string of the molecule is CNC(=O)C(C)(C)N/C=C\C(=N)[N+](=O)[O-]. The number of nitro groups is 1. The van der Waals surface area contributed by atoms with Gasteiger partial charge in [0.2, 0.25) is 5.91 Å². The summed E-state index contributed by atoms with van der Waals surface area (Å²) in [5, 5.41) is 22.0. The van der Waals surface area contributed by atoms with Crippen LogP contribution in [0.3, 0.4) is 0 Å². The second-order valence-electron chi connectivity index (χ2n) is 3.32. The molecule has 0 heterocycles. The van der Waals surface area contributed by atoms with Gasteiger partial charge in [-0.2, -0.15) is 0 Å². The van der Waals surface area contributed by atoms with E-state index in [0.29, 0.717) is 0 Å². The van der Waals surface area contributed by atoms with Gasteiger partial charge in [0.25, 0.3) is 0 Å². The number of carbonyl (C=O) groups excluding carboxylic acids is 1. The monoisotopic (exact) mass is 214 g/mol. The van der Waals surface area contributed by atoms with Crippen LogP contribution in [0, 0.1) is 15.5 Å². The molecule has 0 aliphatic rings. The van der Waals surface area contributed by atoms with Crippen molar-refractivity contribution in [3.05, 3.63) is 22.4 Å². The molecule has 0 aromatic rings. The summed E-state index contributed by atoms with van der Waals surface area (Å²) < 4.78 is 0. The highest BCUT2D eigenvalue weighted by Gasteiger charge is 2.24. The van der Waals surface area contributed by atoms with Gasteiger partial charge in [-0.15, -0.1) is 0 Å². The number of carbonyl (C=O) groups is 1. The van der Waals surface area contributed by atoms with Crippen LogP contribution in [0.2, 0.25) is 0 Å². The van der Waals surface area contributed by atoms with Crippen LogP contribution in [0.1, 0.15) is 13.8 Å². The lowest BCUT2D eigenvalue weighted by molar-refractivity contribution is -0.349. The minimum absolute atomic E-state index is 0.250. The molecule has 0 aliphatic carbocycles. The predicted octanol–water partition coefficient (Wildman–Crippen LogP) is -0.132. The summed E-state index contributed by atoms with van der Waals surface area (Å²) in [6.07, 6.45) is 2.19. The first-order chi connectivity index (χ1) is 6.81. The number of amidine groups is 1. The molecular weight excluding hydrogens is 200 g/mol. The number of amides is 1. The smallest absolute Gasteiger partial charge is 0.357 e. The first-order valence-electron chi connectivity index (χ1n) is 4.20. The lowest BCUT2D eigenvalue weighted by atomic mass is 10.1. The van der Waals surface area contributed by atoms with E-state index in [1.807, 2.05) is 0 Å². The Hall–Kier alpha value is -1.92. The molecule has 0 saturated heterocycles. The third-order valence-electron chi connectivity index (χ3n) is 1.68. The molecule has 0 bridgehead atoms. The average molecular weight is 214 g/mol. The number of nitrogens with zero attached hydrogens (tertiary/aromatic N) is 1. The summed E-state index contributed by atoms with van der Waals surface area (Å²) >= 11 is 0. The molecule has 84 valence electrons. The van der Waals surface area contributed by atoms with Crippen molar-refractivity contribution >= 4 is 11.7 Å². The van der Waals surface area contributed by atoms with Crippen LogP contribution in [0.25, 0.3) is 0 Å². The van der Waals surface area contributed by atoms with Gasteiger partial charge in [0, 0.05) is 13.2 Å². The van der Waals surface area contributed by atoms with Crippen LogP contribution in [-0.2, 0) is 4.79 Å². The Kier molecular flexibility index (Phi) is 4.43. The molecule has 0 unspecified atom stereocenters. The maximum Gasteiger partial charge on any atom is 0.357 e. The summed E-state index contributed by atoms with van der Waals surface area (Å²) in [4.78, 5) is 20.5. The quantitative estimate of drug-likeness (QED) is 0.262. The maximum absolute atomic E-state index is 11.2. The molecule has 0 saturated carbocycles. The van der Waals surface area contributed by atoms with Crippen molar-refractivity contribution < 1.29 is 9.72 Å². The second kappa shape index (κ2) is 5.08. The zero-order valence-corrected chi connectivity index (χ0v) is 8.83. The van der Waals surface area contributed by atoms with Gasteiger partial charge in [0.15, 0.2) is 0 Å². The van der Waals surface area contributed by atoms with Crippen molar-refractivity contribution in [3.8, 4) is 0 Å². The Bertz CT molecular complexity index is 309. The van der Waals surface area contributed by atoms with Crippen LogP contribution in [0.5, 0.6) is 0 Å². The predicted molar refractivity (Wildman–Crippen MR) is 55.1 cm³/mol. The summed E-state index contributed by atoms with van der Waals surface area (Å²) in [7, 11) is 1.49. The number of likely N-dealkylation sites (N-methyl/N-ethyl adjacent to an activating group) is 1. The Labute approximate surface area is 87.2 Å². The molecule has 3 N–H and O–H groups in total. The van der Waals surface area contributed by atoms with Gasteiger partial charge in [-0.25, -0.2) is 0 Å². The van der Waals surface area contributed by atoms with Crippen LogP contribution < -0.4 is 10.6 Å². The van der Waals surface area contributed by atoms with Gasteiger partial charge in [0.05, 0.1) is 6.08 Å². The van der Waals surface area contributed by atoms with Crippen molar-refractivity contribution in [1.82, 2.24) is 10.6 Å².